The molecule has 3 heterocycles. The van der Waals surface area contributed by atoms with Crippen molar-refractivity contribution in [3.8, 4) is 0 Å². The van der Waals surface area contributed by atoms with Gasteiger partial charge in [-0.3, -0.25) is 0 Å². The highest BCUT2D eigenvalue weighted by Gasteiger charge is 2.21. The SMILES string of the molecule is Cc1ccnc2c1nc(C(C)Cl)n2C(C)Cc1ccsc1. The van der Waals surface area contributed by atoms with E-state index in [1.807, 2.05) is 19.2 Å². The van der Waals surface area contributed by atoms with E-state index in [4.69, 9.17) is 16.6 Å². The maximum atomic E-state index is 6.35. The standard InChI is InChI=1S/C16H18ClN3S/c1-10-4-6-18-16-14(10)19-15(12(3)17)20(16)11(2)8-13-5-7-21-9-13/h4-7,9,11-12H,8H2,1-3H3. The third kappa shape index (κ3) is 2.70. The van der Waals surface area contributed by atoms with Gasteiger partial charge in [0.1, 0.15) is 11.3 Å². The molecule has 0 aliphatic rings. The zero-order valence-corrected chi connectivity index (χ0v) is 13.9. The molecule has 0 aliphatic carbocycles. The molecule has 3 rings (SSSR count). The predicted octanol–water partition coefficient (Wildman–Crippen LogP) is 4.90. The van der Waals surface area contributed by atoms with E-state index < -0.39 is 0 Å². The van der Waals surface area contributed by atoms with E-state index in [-0.39, 0.29) is 11.4 Å². The summed E-state index contributed by atoms with van der Waals surface area (Å²) in [4.78, 5) is 9.27. The normalized spacial score (nSPS) is 14.5. The Hall–Kier alpha value is -1.39. The molecule has 110 valence electrons. The molecular formula is C16H18ClN3S. The Bertz CT molecular complexity index is 746. The van der Waals surface area contributed by atoms with Crippen molar-refractivity contribution in [3.63, 3.8) is 0 Å². The van der Waals surface area contributed by atoms with E-state index in [2.05, 4.69) is 40.2 Å². The highest BCUT2D eigenvalue weighted by molar-refractivity contribution is 7.07. The van der Waals surface area contributed by atoms with Crippen molar-refractivity contribution in [2.45, 2.75) is 38.6 Å². The molecule has 0 fully saturated rings. The van der Waals surface area contributed by atoms with Gasteiger partial charge in [-0.25, -0.2) is 9.97 Å². The minimum absolute atomic E-state index is 0.136. The van der Waals surface area contributed by atoms with Crippen LogP contribution in [0.1, 0.15) is 42.2 Å². The zero-order chi connectivity index (χ0) is 15.0. The molecule has 2 atom stereocenters. The number of nitrogens with zero attached hydrogens (tertiary/aromatic N) is 3. The molecule has 0 radical (unpaired) electrons. The van der Waals surface area contributed by atoms with Crippen LogP contribution < -0.4 is 0 Å². The van der Waals surface area contributed by atoms with E-state index in [0.717, 1.165) is 29.0 Å². The number of alkyl halides is 1. The van der Waals surface area contributed by atoms with Crippen molar-refractivity contribution in [1.82, 2.24) is 14.5 Å². The number of thiophene rings is 1. The van der Waals surface area contributed by atoms with Crippen molar-refractivity contribution in [1.29, 1.82) is 0 Å². The van der Waals surface area contributed by atoms with Crippen LogP contribution in [0.2, 0.25) is 0 Å². The molecule has 3 nitrogen and oxygen atoms in total. The summed E-state index contributed by atoms with van der Waals surface area (Å²) < 4.78 is 2.19. The van der Waals surface area contributed by atoms with Crippen LogP contribution in [-0.4, -0.2) is 14.5 Å². The minimum atomic E-state index is -0.136. The summed E-state index contributed by atoms with van der Waals surface area (Å²) in [6.45, 7) is 6.23. The second-order valence-electron chi connectivity index (χ2n) is 5.44. The monoisotopic (exact) mass is 319 g/mol. The number of aromatic nitrogens is 3. The molecule has 0 aromatic carbocycles. The van der Waals surface area contributed by atoms with Crippen molar-refractivity contribution in [2.24, 2.45) is 0 Å². The summed E-state index contributed by atoms with van der Waals surface area (Å²) in [5, 5.41) is 4.17. The highest BCUT2D eigenvalue weighted by Crippen LogP contribution is 2.29. The van der Waals surface area contributed by atoms with Crippen molar-refractivity contribution >= 4 is 34.1 Å². The lowest BCUT2D eigenvalue weighted by Crippen LogP contribution is -2.12. The molecule has 0 spiro atoms. The lowest BCUT2D eigenvalue weighted by atomic mass is 10.1. The topological polar surface area (TPSA) is 30.7 Å². The molecule has 0 saturated heterocycles. The zero-order valence-electron chi connectivity index (χ0n) is 12.4. The molecule has 0 saturated carbocycles. The van der Waals surface area contributed by atoms with Gasteiger partial charge in [0.25, 0.3) is 0 Å². The Morgan fingerprint density at radius 3 is 2.81 bits per heavy atom. The van der Waals surface area contributed by atoms with Crippen LogP contribution in [0.25, 0.3) is 11.2 Å². The largest absolute Gasteiger partial charge is 0.308 e. The van der Waals surface area contributed by atoms with Gasteiger partial charge in [0.15, 0.2) is 5.65 Å². The van der Waals surface area contributed by atoms with Gasteiger partial charge in [-0.05, 0) is 61.2 Å². The average Bonchev–Trinajstić information content (AvgIpc) is 3.05. The summed E-state index contributed by atoms with van der Waals surface area (Å²) in [6.07, 6.45) is 2.80. The molecular weight excluding hydrogens is 302 g/mol. The summed E-state index contributed by atoms with van der Waals surface area (Å²) in [5.41, 5.74) is 4.37. The number of imidazole rings is 1. The second kappa shape index (κ2) is 5.78. The van der Waals surface area contributed by atoms with Crippen LogP contribution in [-0.2, 0) is 6.42 Å². The van der Waals surface area contributed by atoms with Gasteiger partial charge in [0.2, 0.25) is 0 Å². The summed E-state index contributed by atoms with van der Waals surface area (Å²) in [7, 11) is 0. The highest BCUT2D eigenvalue weighted by atomic mass is 35.5. The van der Waals surface area contributed by atoms with Crippen LogP contribution in [0.5, 0.6) is 0 Å². The van der Waals surface area contributed by atoms with E-state index >= 15 is 0 Å². The van der Waals surface area contributed by atoms with Crippen molar-refractivity contribution < 1.29 is 0 Å². The summed E-state index contributed by atoms with van der Waals surface area (Å²) in [6, 6.07) is 4.43. The van der Waals surface area contributed by atoms with Crippen LogP contribution in [0.4, 0.5) is 0 Å². The molecule has 21 heavy (non-hydrogen) atoms. The third-order valence-corrected chi connectivity index (χ3v) is 4.64. The number of hydrogen-bond donors (Lipinski definition) is 0. The van der Waals surface area contributed by atoms with Crippen molar-refractivity contribution in [2.75, 3.05) is 0 Å². The average molecular weight is 320 g/mol. The Balaban J connectivity index is 2.10. The Kier molecular flexibility index (Phi) is 4.00. The van der Waals surface area contributed by atoms with E-state index in [0.29, 0.717) is 0 Å². The van der Waals surface area contributed by atoms with E-state index in [1.54, 1.807) is 11.3 Å². The first-order valence-electron chi connectivity index (χ1n) is 7.06. The van der Waals surface area contributed by atoms with Gasteiger partial charge < -0.3 is 4.57 Å². The fourth-order valence-electron chi connectivity index (χ4n) is 2.68. The second-order valence-corrected chi connectivity index (χ2v) is 6.88. The lowest BCUT2D eigenvalue weighted by Gasteiger charge is -2.17. The summed E-state index contributed by atoms with van der Waals surface area (Å²) >= 11 is 8.08. The van der Waals surface area contributed by atoms with Crippen LogP contribution in [0.15, 0.2) is 29.1 Å². The first-order valence-corrected chi connectivity index (χ1v) is 8.44. The Morgan fingerprint density at radius 1 is 1.33 bits per heavy atom. The minimum Gasteiger partial charge on any atom is -0.308 e. The number of hydrogen-bond acceptors (Lipinski definition) is 3. The van der Waals surface area contributed by atoms with Crippen molar-refractivity contribution in [3.05, 3.63) is 46.0 Å². The number of halogens is 1. The van der Waals surface area contributed by atoms with Gasteiger partial charge in [0.05, 0.1) is 5.38 Å². The quantitative estimate of drug-likeness (QED) is 0.640. The predicted molar refractivity (Wildman–Crippen MR) is 89.3 cm³/mol. The smallest absolute Gasteiger partial charge is 0.160 e. The van der Waals surface area contributed by atoms with Crippen LogP contribution in [0.3, 0.4) is 0 Å². The van der Waals surface area contributed by atoms with Gasteiger partial charge in [-0.15, -0.1) is 11.6 Å². The number of pyridine rings is 1. The number of aryl methyl sites for hydroxylation is 1. The van der Waals surface area contributed by atoms with Gasteiger partial charge in [-0.1, -0.05) is 0 Å². The van der Waals surface area contributed by atoms with Gasteiger partial charge in [0, 0.05) is 12.2 Å². The maximum absolute atomic E-state index is 6.35. The van der Waals surface area contributed by atoms with Crippen LogP contribution >= 0.6 is 22.9 Å². The Labute approximate surface area is 133 Å². The van der Waals surface area contributed by atoms with Gasteiger partial charge >= 0.3 is 0 Å². The van der Waals surface area contributed by atoms with Crippen LogP contribution in [0, 0.1) is 6.92 Å². The maximum Gasteiger partial charge on any atom is 0.160 e. The molecule has 0 bridgehead atoms. The van der Waals surface area contributed by atoms with Gasteiger partial charge in [-0.2, -0.15) is 11.3 Å². The molecule has 3 aromatic heterocycles. The fraction of sp³-hybridized carbons (Fsp3) is 0.375. The first-order chi connectivity index (χ1) is 10.1. The molecule has 2 unspecified atom stereocenters. The fourth-order valence-corrected chi connectivity index (χ4v) is 3.52. The lowest BCUT2D eigenvalue weighted by molar-refractivity contribution is 0.532. The molecule has 3 aromatic rings. The Morgan fingerprint density at radius 2 is 2.14 bits per heavy atom. The molecule has 0 aliphatic heterocycles. The molecule has 5 heteroatoms. The number of fused-ring (bicyclic) bond motifs is 1. The summed E-state index contributed by atoms with van der Waals surface area (Å²) in [5.74, 6) is 0.899. The number of rotatable bonds is 4. The van der Waals surface area contributed by atoms with E-state index in [9.17, 15) is 0 Å². The first kappa shape index (κ1) is 14.5. The molecule has 0 N–H and O–H groups in total. The van der Waals surface area contributed by atoms with E-state index in [1.165, 1.54) is 5.56 Å². The molecule has 0 amide bonds. The third-order valence-electron chi connectivity index (χ3n) is 3.72.